The highest BCUT2D eigenvalue weighted by Crippen LogP contribution is 2.33. The topological polar surface area (TPSA) is 88.7 Å². The van der Waals surface area contributed by atoms with Crippen LogP contribution in [0.2, 0.25) is 0 Å². The van der Waals surface area contributed by atoms with Crippen LogP contribution in [0.3, 0.4) is 0 Å². The zero-order chi connectivity index (χ0) is 19.8. The van der Waals surface area contributed by atoms with Gasteiger partial charge in [0.2, 0.25) is 0 Å². The SMILES string of the molecule is Cn1c(=O)c([N+](=O)[O-])c(N2CCN(C(=O)c3ccsc3)CC2)c2ccccc21. The van der Waals surface area contributed by atoms with E-state index in [4.69, 9.17) is 0 Å². The first-order valence-corrected chi connectivity index (χ1v) is 9.76. The number of amides is 1. The van der Waals surface area contributed by atoms with Crippen LogP contribution >= 0.6 is 11.3 Å². The predicted octanol–water partition coefficient (Wildman–Crippen LogP) is 2.47. The number of hydrogen-bond donors (Lipinski definition) is 0. The van der Waals surface area contributed by atoms with E-state index >= 15 is 0 Å². The van der Waals surface area contributed by atoms with Crippen molar-refractivity contribution in [1.82, 2.24) is 9.47 Å². The molecule has 0 spiro atoms. The number of thiophene rings is 1. The van der Waals surface area contributed by atoms with Gasteiger partial charge in [0, 0.05) is 44.0 Å². The van der Waals surface area contributed by atoms with E-state index < -0.39 is 16.2 Å². The summed E-state index contributed by atoms with van der Waals surface area (Å²) in [5, 5.41) is 16.0. The Morgan fingerprint density at radius 3 is 2.50 bits per heavy atom. The van der Waals surface area contributed by atoms with Crippen LogP contribution < -0.4 is 10.5 Å². The number of nitrogens with zero attached hydrogens (tertiary/aromatic N) is 4. The van der Waals surface area contributed by atoms with Crippen LogP contribution in [0.25, 0.3) is 10.9 Å². The molecule has 28 heavy (non-hydrogen) atoms. The summed E-state index contributed by atoms with van der Waals surface area (Å²) >= 11 is 1.47. The Morgan fingerprint density at radius 2 is 1.86 bits per heavy atom. The molecule has 1 aromatic carbocycles. The Morgan fingerprint density at radius 1 is 1.14 bits per heavy atom. The first-order valence-electron chi connectivity index (χ1n) is 8.81. The molecule has 4 rings (SSSR count). The highest BCUT2D eigenvalue weighted by atomic mass is 32.1. The maximum Gasteiger partial charge on any atom is 0.357 e. The fourth-order valence-corrected chi connectivity index (χ4v) is 4.28. The molecule has 1 aliphatic rings. The number of para-hydroxylation sites is 1. The van der Waals surface area contributed by atoms with E-state index in [2.05, 4.69) is 0 Å². The molecule has 144 valence electrons. The third-order valence-corrected chi connectivity index (χ3v) is 5.77. The average molecular weight is 398 g/mol. The fraction of sp³-hybridized carbons (Fsp3) is 0.263. The Balaban J connectivity index is 1.71. The van der Waals surface area contributed by atoms with Gasteiger partial charge >= 0.3 is 11.2 Å². The number of rotatable bonds is 3. The van der Waals surface area contributed by atoms with Crippen molar-refractivity contribution >= 4 is 39.5 Å². The number of aromatic nitrogens is 1. The summed E-state index contributed by atoms with van der Waals surface area (Å²) in [6.07, 6.45) is 0. The summed E-state index contributed by atoms with van der Waals surface area (Å²) in [6.45, 7) is 1.73. The average Bonchev–Trinajstić information content (AvgIpc) is 3.25. The molecule has 1 aliphatic heterocycles. The highest BCUT2D eigenvalue weighted by molar-refractivity contribution is 7.08. The lowest BCUT2D eigenvalue weighted by Gasteiger charge is -2.36. The molecule has 1 saturated heterocycles. The summed E-state index contributed by atoms with van der Waals surface area (Å²) in [7, 11) is 1.54. The van der Waals surface area contributed by atoms with Gasteiger partial charge in [0.15, 0.2) is 0 Å². The minimum absolute atomic E-state index is 0.0377. The molecule has 9 heteroatoms. The molecule has 0 saturated carbocycles. The monoisotopic (exact) mass is 398 g/mol. The third-order valence-electron chi connectivity index (χ3n) is 5.09. The van der Waals surface area contributed by atoms with Gasteiger partial charge in [0.25, 0.3) is 5.91 Å². The molecular formula is C19H18N4O4S. The number of piperazine rings is 1. The zero-order valence-electron chi connectivity index (χ0n) is 15.2. The van der Waals surface area contributed by atoms with Crippen molar-refractivity contribution in [2.45, 2.75) is 0 Å². The van der Waals surface area contributed by atoms with E-state index in [0.29, 0.717) is 48.3 Å². The van der Waals surface area contributed by atoms with Crippen molar-refractivity contribution in [2.24, 2.45) is 7.05 Å². The van der Waals surface area contributed by atoms with Crippen molar-refractivity contribution in [1.29, 1.82) is 0 Å². The van der Waals surface area contributed by atoms with Crippen molar-refractivity contribution < 1.29 is 9.72 Å². The number of carbonyl (C=O) groups excluding carboxylic acids is 1. The molecule has 0 aliphatic carbocycles. The Hall–Kier alpha value is -3.20. The quantitative estimate of drug-likeness (QED) is 0.500. The molecule has 1 fully saturated rings. The first kappa shape index (κ1) is 18.2. The molecular weight excluding hydrogens is 380 g/mol. The van der Waals surface area contributed by atoms with Crippen LogP contribution in [0.4, 0.5) is 11.4 Å². The molecule has 2 aromatic heterocycles. The number of fused-ring (bicyclic) bond motifs is 1. The van der Waals surface area contributed by atoms with Crippen LogP contribution in [-0.2, 0) is 7.05 Å². The first-order chi connectivity index (χ1) is 13.5. The van der Waals surface area contributed by atoms with Gasteiger partial charge in [-0.05, 0) is 17.5 Å². The number of aryl methyl sites for hydroxylation is 1. The second-order valence-electron chi connectivity index (χ2n) is 6.63. The maximum absolute atomic E-state index is 12.6. The predicted molar refractivity (Wildman–Crippen MR) is 108 cm³/mol. The number of hydrogen-bond acceptors (Lipinski definition) is 6. The van der Waals surface area contributed by atoms with Crippen LogP contribution in [0.15, 0.2) is 45.9 Å². The summed E-state index contributed by atoms with van der Waals surface area (Å²) in [5.41, 5.74) is 0.592. The van der Waals surface area contributed by atoms with Gasteiger partial charge in [-0.3, -0.25) is 19.7 Å². The number of carbonyl (C=O) groups is 1. The van der Waals surface area contributed by atoms with E-state index in [0.717, 1.165) is 0 Å². The Bertz CT molecular complexity index is 1110. The molecule has 0 atom stereocenters. The van der Waals surface area contributed by atoms with E-state index in [9.17, 15) is 19.7 Å². The molecule has 0 radical (unpaired) electrons. The van der Waals surface area contributed by atoms with Crippen molar-refractivity contribution in [3.8, 4) is 0 Å². The molecule has 3 aromatic rings. The molecule has 3 heterocycles. The van der Waals surface area contributed by atoms with Crippen molar-refractivity contribution in [3.05, 3.63) is 67.1 Å². The van der Waals surface area contributed by atoms with E-state index in [1.807, 2.05) is 15.7 Å². The van der Waals surface area contributed by atoms with Gasteiger partial charge < -0.3 is 14.4 Å². The van der Waals surface area contributed by atoms with Gasteiger partial charge in [0.1, 0.15) is 5.69 Å². The molecule has 8 nitrogen and oxygen atoms in total. The van der Waals surface area contributed by atoms with Crippen molar-refractivity contribution in [3.63, 3.8) is 0 Å². The normalized spacial score (nSPS) is 14.5. The smallest absolute Gasteiger partial charge is 0.357 e. The van der Waals surface area contributed by atoms with Crippen molar-refractivity contribution in [2.75, 3.05) is 31.1 Å². The number of pyridine rings is 1. The summed E-state index contributed by atoms with van der Waals surface area (Å²) in [4.78, 5) is 39.9. The Labute approximate surface area is 164 Å². The minimum Gasteiger partial charge on any atom is -0.362 e. The van der Waals surface area contributed by atoms with E-state index in [1.54, 1.807) is 42.3 Å². The van der Waals surface area contributed by atoms with Gasteiger partial charge in [0.05, 0.1) is 16.0 Å². The molecule has 0 unspecified atom stereocenters. The highest BCUT2D eigenvalue weighted by Gasteiger charge is 2.31. The van der Waals surface area contributed by atoms with Gasteiger partial charge in [-0.2, -0.15) is 11.3 Å². The maximum atomic E-state index is 12.6. The van der Waals surface area contributed by atoms with Crippen LogP contribution in [0.1, 0.15) is 10.4 Å². The number of nitro groups is 1. The van der Waals surface area contributed by atoms with Gasteiger partial charge in [-0.25, -0.2) is 0 Å². The minimum atomic E-state index is -0.629. The fourth-order valence-electron chi connectivity index (χ4n) is 3.65. The van der Waals surface area contributed by atoms with Gasteiger partial charge in [-0.1, -0.05) is 18.2 Å². The third kappa shape index (κ3) is 2.93. The lowest BCUT2D eigenvalue weighted by atomic mass is 10.1. The van der Waals surface area contributed by atoms with Crippen LogP contribution in [0.5, 0.6) is 0 Å². The van der Waals surface area contributed by atoms with Crippen LogP contribution in [0, 0.1) is 10.1 Å². The largest absolute Gasteiger partial charge is 0.362 e. The van der Waals surface area contributed by atoms with Crippen LogP contribution in [-0.4, -0.2) is 46.5 Å². The number of anilines is 1. The van der Waals surface area contributed by atoms with E-state index in [1.165, 1.54) is 15.9 Å². The summed E-state index contributed by atoms with van der Waals surface area (Å²) in [5.74, 6) is -0.0377. The summed E-state index contributed by atoms with van der Waals surface area (Å²) in [6, 6.07) is 8.96. The lowest BCUT2D eigenvalue weighted by Crippen LogP contribution is -2.49. The molecule has 0 N–H and O–H groups in total. The van der Waals surface area contributed by atoms with Gasteiger partial charge in [-0.15, -0.1) is 0 Å². The zero-order valence-corrected chi connectivity index (χ0v) is 16.0. The second-order valence-corrected chi connectivity index (χ2v) is 7.41. The number of benzene rings is 1. The standard InChI is InChI=1S/C19H18N4O4S/c1-20-15-5-3-2-4-14(15)16(17(19(20)25)23(26)27)21-7-9-22(10-8-21)18(24)13-6-11-28-12-13/h2-6,11-12H,7-10H2,1H3. The van der Waals surface area contributed by atoms with E-state index in [-0.39, 0.29) is 5.91 Å². The summed E-state index contributed by atoms with van der Waals surface area (Å²) < 4.78 is 1.31. The Kier molecular flexibility index (Phi) is 4.60. The second kappa shape index (κ2) is 7.08. The lowest BCUT2D eigenvalue weighted by molar-refractivity contribution is -0.385. The molecule has 0 bridgehead atoms. The molecule has 1 amide bonds.